The lowest BCUT2D eigenvalue weighted by atomic mass is 10.0. The van der Waals surface area contributed by atoms with Crippen LogP contribution in [0.15, 0.2) is 71.7 Å². The zero-order chi connectivity index (χ0) is 23.2. The molecule has 1 aliphatic heterocycles. The predicted octanol–water partition coefficient (Wildman–Crippen LogP) is 4.88. The first-order chi connectivity index (χ1) is 16.6. The van der Waals surface area contributed by atoms with Gasteiger partial charge in [0.1, 0.15) is 11.6 Å². The summed E-state index contributed by atoms with van der Waals surface area (Å²) in [6.45, 7) is 2.82. The number of hydrogen-bond acceptors (Lipinski definition) is 6. The molecular formula is C25H18FN5O2S. The number of aryl methyl sites for hydroxylation is 1. The minimum Gasteiger partial charge on any atom is -0.424 e. The Labute approximate surface area is 197 Å². The van der Waals surface area contributed by atoms with E-state index in [1.54, 1.807) is 40.4 Å². The summed E-state index contributed by atoms with van der Waals surface area (Å²) in [6.07, 6.45) is 1.61. The number of hydrogen-bond donors (Lipinski definition) is 0. The van der Waals surface area contributed by atoms with Crippen LogP contribution >= 0.6 is 11.3 Å². The van der Waals surface area contributed by atoms with E-state index in [9.17, 15) is 9.18 Å². The van der Waals surface area contributed by atoms with Crippen LogP contribution in [0.4, 0.5) is 4.39 Å². The molecule has 9 heteroatoms. The lowest BCUT2D eigenvalue weighted by Crippen LogP contribution is -2.28. The third-order valence-corrected chi connectivity index (χ3v) is 6.67. The molecule has 0 aliphatic carbocycles. The van der Waals surface area contributed by atoms with Crippen molar-refractivity contribution in [1.29, 1.82) is 0 Å². The quantitative estimate of drug-likeness (QED) is 0.366. The maximum atomic E-state index is 13.7. The largest absolute Gasteiger partial charge is 0.424 e. The third kappa shape index (κ3) is 3.50. The Morgan fingerprint density at radius 3 is 2.56 bits per heavy atom. The van der Waals surface area contributed by atoms with Gasteiger partial charge in [0.15, 0.2) is 0 Å². The van der Waals surface area contributed by atoms with E-state index in [0.717, 1.165) is 15.6 Å². The first-order valence-corrected chi connectivity index (χ1v) is 11.5. The van der Waals surface area contributed by atoms with Gasteiger partial charge in [-0.2, -0.15) is 4.98 Å². The molecule has 34 heavy (non-hydrogen) atoms. The summed E-state index contributed by atoms with van der Waals surface area (Å²) < 4.78 is 23.1. The van der Waals surface area contributed by atoms with Gasteiger partial charge in [0, 0.05) is 6.20 Å². The van der Waals surface area contributed by atoms with Crippen LogP contribution in [-0.4, -0.2) is 24.3 Å². The Morgan fingerprint density at radius 1 is 0.971 bits per heavy atom. The second kappa shape index (κ2) is 8.03. The molecule has 0 atom stereocenters. The van der Waals surface area contributed by atoms with Gasteiger partial charge in [-0.05, 0) is 42.8 Å². The normalized spacial score (nSPS) is 12.3. The molecule has 0 saturated heterocycles. The van der Waals surface area contributed by atoms with Crippen LogP contribution in [0.2, 0.25) is 0 Å². The lowest BCUT2D eigenvalue weighted by Gasteiger charge is -2.19. The van der Waals surface area contributed by atoms with E-state index in [0.29, 0.717) is 41.4 Å². The molecule has 0 fully saturated rings. The lowest BCUT2D eigenvalue weighted by molar-refractivity contribution is 0.441. The van der Waals surface area contributed by atoms with Crippen molar-refractivity contribution in [2.45, 2.75) is 20.0 Å². The van der Waals surface area contributed by atoms with E-state index < -0.39 is 0 Å². The van der Waals surface area contributed by atoms with Gasteiger partial charge in [-0.25, -0.2) is 19.0 Å². The van der Waals surface area contributed by atoms with Gasteiger partial charge < -0.3 is 4.74 Å². The molecule has 4 heterocycles. The van der Waals surface area contributed by atoms with Gasteiger partial charge in [0.2, 0.25) is 0 Å². The van der Waals surface area contributed by atoms with Crippen LogP contribution in [0, 0.1) is 12.7 Å². The predicted molar refractivity (Wildman–Crippen MR) is 127 cm³/mol. The fourth-order valence-corrected chi connectivity index (χ4v) is 5.13. The molecule has 2 aromatic carbocycles. The molecule has 1 aliphatic rings. The number of ether oxygens (including phenoxy) is 1. The van der Waals surface area contributed by atoms with Crippen LogP contribution in [-0.2, 0) is 13.1 Å². The minimum atomic E-state index is -0.364. The van der Waals surface area contributed by atoms with Crippen molar-refractivity contribution in [2.75, 3.05) is 0 Å². The summed E-state index contributed by atoms with van der Waals surface area (Å²) in [5.41, 5.74) is 2.97. The van der Waals surface area contributed by atoms with Crippen LogP contribution in [0.3, 0.4) is 0 Å². The molecular weight excluding hydrogens is 453 g/mol. The third-order valence-electron chi connectivity index (χ3n) is 5.67. The molecule has 5 aromatic rings. The number of nitrogens with zero attached hydrogens (tertiary/aromatic N) is 5. The summed E-state index contributed by atoms with van der Waals surface area (Å²) in [7, 11) is 0. The molecule has 0 radical (unpaired) electrons. The molecule has 7 nitrogen and oxygen atoms in total. The topological polar surface area (TPSA) is 74.8 Å². The van der Waals surface area contributed by atoms with Crippen LogP contribution in [0.1, 0.15) is 15.6 Å². The Morgan fingerprint density at radius 2 is 1.76 bits per heavy atom. The smallest absolute Gasteiger partial charge is 0.322 e. The Kier molecular flexibility index (Phi) is 4.84. The molecule has 0 unspecified atom stereocenters. The number of aromatic nitrogens is 5. The second-order valence-electron chi connectivity index (χ2n) is 7.89. The molecule has 0 amide bonds. The fourth-order valence-electron chi connectivity index (χ4n) is 4.20. The van der Waals surface area contributed by atoms with Gasteiger partial charge >= 0.3 is 6.01 Å². The van der Waals surface area contributed by atoms with Crippen molar-refractivity contribution in [1.82, 2.24) is 24.3 Å². The fraction of sp³-hybridized carbons (Fsp3) is 0.120. The first-order valence-electron chi connectivity index (χ1n) is 10.7. The highest BCUT2D eigenvalue weighted by atomic mass is 32.1. The second-order valence-corrected chi connectivity index (χ2v) is 9.18. The molecule has 6 rings (SSSR count). The molecule has 3 aromatic heterocycles. The number of halogens is 1. The van der Waals surface area contributed by atoms with E-state index in [-0.39, 0.29) is 17.4 Å². The van der Waals surface area contributed by atoms with Crippen molar-refractivity contribution in [3.8, 4) is 34.3 Å². The van der Waals surface area contributed by atoms with E-state index in [2.05, 4.69) is 15.0 Å². The summed E-state index contributed by atoms with van der Waals surface area (Å²) in [6, 6.07) is 17.1. The summed E-state index contributed by atoms with van der Waals surface area (Å²) in [5, 5.41) is 0.963. The minimum absolute atomic E-state index is 0.173. The SMILES string of the molecule is Cc1nc2c(s1)Cn1c(-c3ccnc(Oc4ccccc4)n3)c(-c3ccc(F)cc3)c(=O)n1C2. The number of fused-ring (bicyclic) bond motifs is 2. The van der Waals surface area contributed by atoms with Crippen molar-refractivity contribution in [3.05, 3.63) is 98.6 Å². The average Bonchev–Trinajstić information content (AvgIpc) is 3.34. The molecule has 0 N–H and O–H groups in total. The van der Waals surface area contributed by atoms with Crippen LogP contribution in [0.25, 0.3) is 22.5 Å². The summed E-state index contributed by atoms with van der Waals surface area (Å²) in [5.74, 6) is 0.246. The summed E-state index contributed by atoms with van der Waals surface area (Å²) in [4.78, 5) is 28.2. The summed E-state index contributed by atoms with van der Waals surface area (Å²) >= 11 is 1.62. The number of rotatable bonds is 4. The van der Waals surface area contributed by atoms with E-state index in [1.165, 1.54) is 12.1 Å². The van der Waals surface area contributed by atoms with Gasteiger partial charge in [-0.15, -0.1) is 11.3 Å². The van der Waals surface area contributed by atoms with Gasteiger partial charge in [0.25, 0.3) is 5.56 Å². The van der Waals surface area contributed by atoms with E-state index in [4.69, 9.17) is 4.74 Å². The zero-order valence-corrected chi connectivity index (χ0v) is 18.9. The van der Waals surface area contributed by atoms with Gasteiger partial charge in [-0.3, -0.25) is 9.48 Å². The molecule has 0 bridgehead atoms. The number of benzene rings is 2. The maximum Gasteiger partial charge on any atom is 0.322 e. The first kappa shape index (κ1) is 20.5. The highest BCUT2D eigenvalue weighted by Crippen LogP contribution is 2.34. The maximum absolute atomic E-state index is 13.7. The standard InChI is InChI=1S/C25H18FN5O2S/c1-15-28-20-13-31-24(32)22(16-7-9-17(26)10-8-16)23(30(31)14-21(20)34-15)19-11-12-27-25(29-19)33-18-5-3-2-4-6-18/h2-12H,13-14H2,1H3. The number of para-hydroxylation sites is 1. The van der Waals surface area contributed by atoms with Crippen molar-refractivity contribution < 1.29 is 9.13 Å². The number of thiazole rings is 1. The van der Waals surface area contributed by atoms with Crippen LogP contribution < -0.4 is 10.3 Å². The van der Waals surface area contributed by atoms with E-state index in [1.807, 2.05) is 41.9 Å². The van der Waals surface area contributed by atoms with Crippen molar-refractivity contribution in [2.24, 2.45) is 0 Å². The van der Waals surface area contributed by atoms with Crippen molar-refractivity contribution >= 4 is 11.3 Å². The van der Waals surface area contributed by atoms with Gasteiger partial charge in [-0.1, -0.05) is 30.3 Å². The van der Waals surface area contributed by atoms with Gasteiger partial charge in [0.05, 0.1) is 45.6 Å². The highest BCUT2D eigenvalue weighted by molar-refractivity contribution is 7.11. The Hall–Kier alpha value is -4.11. The molecule has 0 saturated carbocycles. The monoisotopic (exact) mass is 471 g/mol. The Bertz CT molecular complexity index is 1570. The van der Waals surface area contributed by atoms with Crippen molar-refractivity contribution in [3.63, 3.8) is 0 Å². The molecule has 168 valence electrons. The van der Waals surface area contributed by atoms with E-state index >= 15 is 0 Å². The highest BCUT2D eigenvalue weighted by Gasteiger charge is 2.29. The molecule has 0 spiro atoms. The Balaban J connectivity index is 1.53. The zero-order valence-electron chi connectivity index (χ0n) is 18.1. The van der Waals surface area contributed by atoms with Crippen LogP contribution in [0.5, 0.6) is 11.8 Å². The average molecular weight is 472 g/mol.